The van der Waals surface area contributed by atoms with Gasteiger partial charge in [0.15, 0.2) is 0 Å². The zero-order valence-corrected chi connectivity index (χ0v) is 24.8. The van der Waals surface area contributed by atoms with Gasteiger partial charge in [0.05, 0.1) is 17.7 Å². The lowest BCUT2D eigenvalue weighted by Gasteiger charge is -2.31. The highest BCUT2D eigenvalue weighted by atomic mass is 32.2. The molecule has 0 saturated heterocycles. The van der Waals surface area contributed by atoms with E-state index in [-0.39, 0.29) is 12.0 Å². The Morgan fingerprint density at radius 3 is 2.72 bits per heavy atom. The Hall–Kier alpha value is -2.80. The number of carbonyl (C=O) groups is 1. The number of hydrogen-bond acceptors (Lipinski definition) is 5. The summed E-state index contributed by atoms with van der Waals surface area (Å²) >= 11 is 1.91. The van der Waals surface area contributed by atoms with Crippen molar-refractivity contribution < 1.29 is 14.6 Å². The van der Waals surface area contributed by atoms with Crippen molar-refractivity contribution in [2.45, 2.75) is 90.2 Å². The molecule has 4 rings (SSSR count). The van der Waals surface area contributed by atoms with E-state index in [1.165, 1.54) is 16.0 Å². The molecule has 1 aliphatic heterocycles. The van der Waals surface area contributed by atoms with E-state index in [4.69, 9.17) is 4.74 Å². The van der Waals surface area contributed by atoms with Crippen molar-refractivity contribution in [2.75, 3.05) is 5.75 Å². The molecule has 0 spiro atoms. The van der Waals surface area contributed by atoms with Crippen LogP contribution in [-0.2, 0) is 24.2 Å². The first-order chi connectivity index (χ1) is 18.8. The van der Waals surface area contributed by atoms with Crippen LogP contribution in [0.15, 0.2) is 53.6 Å². The van der Waals surface area contributed by atoms with Gasteiger partial charge in [0.25, 0.3) is 0 Å². The van der Waals surface area contributed by atoms with Crippen LogP contribution in [0.5, 0.6) is 5.75 Å². The van der Waals surface area contributed by atoms with Crippen molar-refractivity contribution in [3.05, 3.63) is 71.0 Å². The Bertz CT molecular complexity index is 1240. The fourth-order valence-corrected chi connectivity index (χ4v) is 6.88. The minimum Gasteiger partial charge on any atom is -0.489 e. The summed E-state index contributed by atoms with van der Waals surface area (Å²) in [5, 5.41) is 18.3. The quantitative estimate of drug-likeness (QED) is 0.273. The van der Waals surface area contributed by atoms with Crippen LogP contribution in [0.3, 0.4) is 0 Å². The number of nitrogens with zero attached hydrogens (tertiary/aromatic N) is 3. The number of hydrogen-bond donors (Lipinski definition) is 1. The van der Waals surface area contributed by atoms with Gasteiger partial charge in [0.1, 0.15) is 5.75 Å². The highest BCUT2D eigenvalue weighted by Crippen LogP contribution is 2.39. The van der Waals surface area contributed by atoms with Gasteiger partial charge in [0.2, 0.25) is 0 Å². The van der Waals surface area contributed by atoms with Gasteiger partial charge in [0, 0.05) is 23.4 Å². The zero-order chi connectivity index (χ0) is 27.9. The Morgan fingerprint density at radius 1 is 1.21 bits per heavy atom. The molecule has 0 radical (unpaired) electrons. The number of benzene rings is 2. The number of carboxylic acids is 1. The lowest BCUT2D eigenvalue weighted by atomic mass is 9.80. The molecule has 1 N–H and O–H groups in total. The number of aryl methyl sites for hydroxylation is 3. The molecule has 210 valence electrons. The van der Waals surface area contributed by atoms with Gasteiger partial charge in [-0.25, -0.2) is 0 Å². The van der Waals surface area contributed by atoms with Crippen LogP contribution in [0.25, 0.3) is 0 Å². The third-order valence-electron chi connectivity index (χ3n) is 8.38. The van der Waals surface area contributed by atoms with Crippen LogP contribution in [0.1, 0.15) is 75.3 Å². The van der Waals surface area contributed by atoms with Crippen molar-refractivity contribution in [3.8, 4) is 5.75 Å². The van der Waals surface area contributed by atoms with Crippen LogP contribution < -0.4 is 4.74 Å². The van der Waals surface area contributed by atoms with Gasteiger partial charge >= 0.3 is 5.97 Å². The molecular formula is C32H43N3O3S. The zero-order valence-electron chi connectivity index (χ0n) is 24.0. The molecule has 5 unspecified atom stereocenters. The molecule has 0 aliphatic carbocycles. The van der Waals surface area contributed by atoms with E-state index in [2.05, 4.69) is 73.5 Å². The summed E-state index contributed by atoms with van der Waals surface area (Å²) in [5.41, 5.74) is 4.61. The second-order valence-electron chi connectivity index (χ2n) is 11.1. The molecule has 0 fully saturated rings. The first-order valence-electron chi connectivity index (χ1n) is 14.4. The van der Waals surface area contributed by atoms with E-state index in [9.17, 15) is 9.90 Å². The van der Waals surface area contributed by atoms with E-state index in [0.29, 0.717) is 18.3 Å². The largest absolute Gasteiger partial charge is 0.489 e. The Balaban J connectivity index is 1.51. The summed E-state index contributed by atoms with van der Waals surface area (Å²) in [6, 6.07) is 15.0. The van der Waals surface area contributed by atoms with Gasteiger partial charge in [-0.2, -0.15) is 0 Å². The topological polar surface area (TPSA) is 77.2 Å². The van der Waals surface area contributed by atoms with Gasteiger partial charge in [-0.1, -0.05) is 56.3 Å². The van der Waals surface area contributed by atoms with Crippen LogP contribution in [0, 0.1) is 24.7 Å². The molecule has 39 heavy (non-hydrogen) atoms. The maximum Gasteiger partial charge on any atom is 0.306 e. The summed E-state index contributed by atoms with van der Waals surface area (Å²) in [6.07, 6.45) is 6.64. The van der Waals surface area contributed by atoms with Gasteiger partial charge in [-0.3, -0.25) is 9.48 Å². The van der Waals surface area contributed by atoms with E-state index < -0.39 is 11.9 Å². The lowest BCUT2D eigenvalue weighted by molar-refractivity contribution is -0.142. The molecule has 2 heterocycles. The van der Waals surface area contributed by atoms with Crippen LogP contribution in [-0.4, -0.2) is 37.9 Å². The lowest BCUT2D eigenvalue weighted by Crippen LogP contribution is -2.28. The predicted molar refractivity (Wildman–Crippen MR) is 158 cm³/mol. The van der Waals surface area contributed by atoms with E-state index in [0.717, 1.165) is 55.0 Å². The van der Waals surface area contributed by atoms with Crippen LogP contribution >= 0.6 is 11.8 Å². The summed E-state index contributed by atoms with van der Waals surface area (Å²) in [6.45, 7) is 11.4. The molecule has 6 nitrogen and oxygen atoms in total. The van der Waals surface area contributed by atoms with Gasteiger partial charge < -0.3 is 9.84 Å². The van der Waals surface area contributed by atoms with Crippen LogP contribution in [0.2, 0.25) is 0 Å². The molecule has 1 aromatic heterocycles. The molecule has 0 saturated carbocycles. The summed E-state index contributed by atoms with van der Waals surface area (Å²) in [5.74, 6) is 1.78. The second-order valence-corrected chi connectivity index (χ2v) is 12.2. The van der Waals surface area contributed by atoms with E-state index in [1.807, 2.05) is 36.5 Å². The fraction of sp³-hybridized carbons (Fsp3) is 0.531. The summed E-state index contributed by atoms with van der Waals surface area (Å²) in [7, 11) is 0. The smallest absolute Gasteiger partial charge is 0.306 e. The highest BCUT2D eigenvalue weighted by Gasteiger charge is 2.28. The number of fused-ring (bicyclic) bond motifs is 1. The second kappa shape index (κ2) is 13.5. The predicted octanol–water partition coefficient (Wildman–Crippen LogP) is 7.19. The Labute approximate surface area is 237 Å². The van der Waals surface area contributed by atoms with E-state index in [1.54, 1.807) is 0 Å². The number of thioether (sulfide) groups is 1. The molecule has 0 amide bonds. The number of para-hydroxylation sites is 1. The monoisotopic (exact) mass is 549 g/mol. The summed E-state index contributed by atoms with van der Waals surface area (Å²) < 4.78 is 8.24. The van der Waals surface area contributed by atoms with E-state index >= 15 is 0 Å². The third kappa shape index (κ3) is 7.44. The third-order valence-corrected chi connectivity index (χ3v) is 9.62. The number of aromatic nitrogens is 3. The van der Waals surface area contributed by atoms with Crippen molar-refractivity contribution in [3.63, 3.8) is 0 Å². The maximum absolute atomic E-state index is 12.1. The van der Waals surface area contributed by atoms with Crippen molar-refractivity contribution in [2.24, 2.45) is 17.8 Å². The molecule has 2 aromatic carbocycles. The fourth-order valence-electron chi connectivity index (χ4n) is 5.59. The molecule has 1 aliphatic rings. The van der Waals surface area contributed by atoms with Crippen molar-refractivity contribution in [1.82, 2.24) is 15.0 Å². The number of carboxylic acid groups (broad SMARTS) is 1. The Kier molecular flexibility index (Phi) is 10.1. The van der Waals surface area contributed by atoms with Crippen molar-refractivity contribution in [1.29, 1.82) is 0 Å². The van der Waals surface area contributed by atoms with Crippen molar-refractivity contribution >= 4 is 17.7 Å². The molecular weight excluding hydrogens is 506 g/mol. The molecule has 0 bridgehead atoms. The number of rotatable bonds is 11. The van der Waals surface area contributed by atoms with Gasteiger partial charge in [-0.05, 0) is 92.5 Å². The molecule has 5 atom stereocenters. The molecule has 7 heteroatoms. The minimum absolute atomic E-state index is 0.0877. The highest BCUT2D eigenvalue weighted by molar-refractivity contribution is 7.99. The average Bonchev–Trinajstić information content (AvgIpc) is 3.39. The van der Waals surface area contributed by atoms with Crippen LogP contribution in [0.4, 0.5) is 0 Å². The number of aliphatic carboxylic acids is 1. The van der Waals surface area contributed by atoms with Gasteiger partial charge in [-0.15, -0.1) is 16.9 Å². The first-order valence-corrected chi connectivity index (χ1v) is 15.4. The first kappa shape index (κ1) is 29.2. The normalized spacial score (nSPS) is 19.7. The molecule has 3 aromatic rings. The number of ether oxygens (including phenoxy) is 1. The maximum atomic E-state index is 12.1. The minimum atomic E-state index is -0.759. The summed E-state index contributed by atoms with van der Waals surface area (Å²) in [4.78, 5) is 13.3. The average molecular weight is 550 g/mol. The standard InChI is InChI=1S/C32H43N3O3S/c1-6-28-18-26(20-39-31-11-9-8-10-30(31)38-28)22(4)16-25-17-24(13-12-21(25)3)29(23(5)32(36)37)15-14-27-19-35(7-2)34-33-27/h8-13,17,19,22-23,26,28-29H,6-7,14-16,18,20H2,1-5H3,(H,36,37). The Morgan fingerprint density at radius 2 is 2.00 bits per heavy atom. The SMILES string of the molecule is CCC1CC(C(C)Cc2cc(C(CCc3cn(CC)nn3)C(C)C(=O)O)ccc2C)CSc2ccccc2O1.